The van der Waals surface area contributed by atoms with E-state index in [1.807, 2.05) is 31.3 Å². The Morgan fingerprint density at radius 3 is 2.75 bits per heavy atom. The average Bonchev–Trinajstić information content (AvgIpc) is 3.32. The van der Waals surface area contributed by atoms with E-state index < -0.39 is 0 Å². The Hall–Kier alpha value is -3.55. The molecule has 1 amide bonds. The first-order valence-corrected chi connectivity index (χ1v) is 9.02. The molecule has 0 unspecified atom stereocenters. The summed E-state index contributed by atoms with van der Waals surface area (Å²) in [4.78, 5) is 14.8. The van der Waals surface area contributed by atoms with E-state index in [9.17, 15) is 4.79 Å². The molecule has 144 valence electrons. The number of hydrogen-bond donors (Lipinski definition) is 2. The van der Waals surface area contributed by atoms with Crippen LogP contribution >= 0.6 is 0 Å². The van der Waals surface area contributed by atoms with Gasteiger partial charge in [-0.2, -0.15) is 5.10 Å². The lowest BCUT2D eigenvalue weighted by Gasteiger charge is -2.16. The van der Waals surface area contributed by atoms with E-state index in [0.29, 0.717) is 30.1 Å². The number of rotatable bonds is 4. The fourth-order valence-corrected chi connectivity index (χ4v) is 3.48. The van der Waals surface area contributed by atoms with Gasteiger partial charge in [0.2, 0.25) is 0 Å². The van der Waals surface area contributed by atoms with Crippen molar-refractivity contribution in [2.75, 3.05) is 13.1 Å². The number of nitrogens with zero attached hydrogens (tertiary/aromatic N) is 4. The maximum Gasteiger partial charge on any atom is 0.275 e. The molecule has 3 N–H and O–H groups in total. The SMILES string of the molecule is Cn1nc(C(=O)N2CC[C@H](Oc3ccc(C(N)=NO)cc3)C2)c2ccccc21. The minimum atomic E-state index is -0.0892. The highest BCUT2D eigenvalue weighted by Crippen LogP contribution is 2.23. The zero-order chi connectivity index (χ0) is 19.7. The van der Waals surface area contributed by atoms with Gasteiger partial charge in [-0.25, -0.2) is 0 Å². The highest BCUT2D eigenvalue weighted by Gasteiger charge is 2.30. The number of carbonyl (C=O) groups excluding carboxylic acids is 1. The zero-order valence-corrected chi connectivity index (χ0v) is 15.4. The van der Waals surface area contributed by atoms with Crippen molar-refractivity contribution in [1.82, 2.24) is 14.7 Å². The van der Waals surface area contributed by atoms with Gasteiger partial charge in [-0.1, -0.05) is 23.4 Å². The number of benzene rings is 2. The third-order valence-electron chi connectivity index (χ3n) is 4.95. The van der Waals surface area contributed by atoms with Crippen LogP contribution in [0.15, 0.2) is 53.7 Å². The summed E-state index contributed by atoms with van der Waals surface area (Å²) >= 11 is 0. The molecule has 1 aromatic heterocycles. The second kappa shape index (κ2) is 7.22. The van der Waals surface area contributed by atoms with Crippen LogP contribution in [-0.2, 0) is 7.05 Å². The number of fused-ring (bicyclic) bond motifs is 1. The molecule has 0 saturated carbocycles. The largest absolute Gasteiger partial charge is 0.489 e. The van der Waals surface area contributed by atoms with Gasteiger partial charge in [-0.05, 0) is 30.3 Å². The maximum absolute atomic E-state index is 13.0. The van der Waals surface area contributed by atoms with Gasteiger partial charge in [0.25, 0.3) is 5.91 Å². The first-order valence-electron chi connectivity index (χ1n) is 9.02. The van der Waals surface area contributed by atoms with Crippen LogP contribution in [0.2, 0.25) is 0 Å². The summed E-state index contributed by atoms with van der Waals surface area (Å²) in [6.07, 6.45) is 0.659. The Bertz CT molecular complexity index is 1040. The molecule has 1 atom stereocenters. The summed E-state index contributed by atoms with van der Waals surface area (Å²) in [7, 11) is 1.84. The summed E-state index contributed by atoms with van der Waals surface area (Å²) < 4.78 is 7.72. The summed E-state index contributed by atoms with van der Waals surface area (Å²) in [5.74, 6) is 0.647. The smallest absolute Gasteiger partial charge is 0.275 e. The number of carbonyl (C=O) groups is 1. The van der Waals surface area contributed by atoms with Gasteiger partial charge in [0, 0.05) is 31.0 Å². The van der Waals surface area contributed by atoms with Gasteiger partial charge in [0.05, 0.1) is 12.1 Å². The fraction of sp³-hybridized carbons (Fsp3) is 0.250. The number of likely N-dealkylation sites (tertiary alicyclic amines) is 1. The van der Waals surface area contributed by atoms with Crippen molar-refractivity contribution in [2.45, 2.75) is 12.5 Å². The average molecular weight is 379 g/mol. The molecule has 0 radical (unpaired) electrons. The summed E-state index contributed by atoms with van der Waals surface area (Å²) in [6, 6.07) is 14.7. The molecule has 4 rings (SSSR count). The van der Waals surface area contributed by atoms with Crippen molar-refractivity contribution in [3.05, 3.63) is 59.8 Å². The van der Waals surface area contributed by atoms with Crippen molar-refractivity contribution in [3.8, 4) is 5.75 Å². The molecule has 1 saturated heterocycles. The topological polar surface area (TPSA) is 106 Å². The zero-order valence-electron chi connectivity index (χ0n) is 15.4. The maximum atomic E-state index is 13.0. The van der Waals surface area contributed by atoms with E-state index >= 15 is 0 Å². The van der Waals surface area contributed by atoms with E-state index in [1.54, 1.807) is 33.8 Å². The quantitative estimate of drug-likeness (QED) is 0.312. The van der Waals surface area contributed by atoms with Crippen molar-refractivity contribution >= 4 is 22.6 Å². The van der Waals surface area contributed by atoms with Gasteiger partial charge in [-0.15, -0.1) is 0 Å². The number of aromatic nitrogens is 2. The van der Waals surface area contributed by atoms with E-state index in [2.05, 4.69) is 10.3 Å². The van der Waals surface area contributed by atoms with E-state index in [0.717, 1.165) is 17.3 Å². The first-order chi connectivity index (χ1) is 13.6. The number of amidine groups is 1. The molecule has 1 fully saturated rings. The van der Waals surface area contributed by atoms with Crippen molar-refractivity contribution in [1.29, 1.82) is 0 Å². The molecule has 3 aromatic rings. The molecular weight excluding hydrogens is 358 g/mol. The van der Waals surface area contributed by atoms with Crippen molar-refractivity contribution < 1.29 is 14.7 Å². The lowest BCUT2D eigenvalue weighted by Crippen LogP contribution is -2.31. The molecule has 2 aromatic carbocycles. The van der Waals surface area contributed by atoms with E-state index in [-0.39, 0.29) is 17.8 Å². The number of ether oxygens (including phenoxy) is 1. The summed E-state index contributed by atoms with van der Waals surface area (Å²) in [5.41, 5.74) is 7.58. The molecule has 0 bridgehead atoms. The minimum Gasteiger partial charge on any atom is -0.489 e. The molecule has 28 heavy (non-hydrogen) atoms. The Balaban J connectivity index is 1.44. The Kier molecular flexibility index (Phi) is 4.60. The summed E-state index contributed by atoms with van der Waals surface area (Å²) in [6.45, 7) is 1.13. The first kappa shape index (κ1) is 17.8. The van der Waals surface area contributed by atoms with Crippen LogP contribution < -0.4 is 10.5 Å². The monoisotopic (exact) mass is 379 g/mol. The number of amides is 1. The highest BCUT2D eigenvalue weighted by molar-refractivity contribution is 6.05. The molecule has 8 heteroatoms. The second-order valence-corrected chi connectivity index (χ2v) is 6.78. The van der Waals surface area contributed by atoms with Crippen LogP contribution in [-0.4, -0.2) is 50.8 Å². The van der Waals surface area contributed by atoms with Crippen molar-refractivity contribution in [2.24, 2.45) is 17.9 Å². The van der Waals surface area contributed by atoms with Gasteiger partial charge in [0.1, 0.15) is 11.9 Å². The number of aryl methyl sites for hydroxylation is 1. The number of nitrogens with two attached hydrogens (primary N) is 1. The molecular formula is C20H21N5O3. The van der Waals surface area contributed by atoms with Crippen molar-refractivity contribution in [3.63, 3.8) is 0 Å². The second-order valence-electron chi connectivity index (χ2n) is 6.78. The lowest BCUT2D eigenvalue weighted by molar-refractivity contribution is 0.0767. The Morgan fingerprint density at radius 2 is 2.00 bits per heavy atom. The minimum absolute atomic E-state index is 0.0479. The third-order valence-corrected chi connectivity index (χ3v) is 4.95. The molecule has 1 aliphatic rings. The van der Waals surface area contributed by atoms with Crippen LogP contribution in [0, 0.1) is 0 Å². The van der Waals surface area contributed by atoms with Crippen LogP contribution in [0.1, 0.15) is 22.5 Å². The molecule has 0 aliphatic carbocycles. The number of para-hydroxylation sites is 1. The lowest BCUT2D eigenvalue weighted by atomic mass is 10.2. The van der Waals surface area contributed by atoms with Gasteiger partial charge in [0.15, 0.2) is 11.5 Å². The van der Waals surface area contributed by atoms with Gasteiger partial charge < -0.3 is 20.6 Å². The molecule has 8 nitrogen and oxygen atoms in total. The molecule has 0 spiro atoms. The van der Waals surface area contributed by atoms with Crippen LogP contribution in [0.3, 0.4) is 0 Å². The van der Waals surface area contributed by atoms with E-state index in [4.69, 9.17) is 15.7 Å². The Labute approximate surface area is 161 Å². The standard InChI is InChI=1S/C20H21N5O3/c1-24-17-5-3-2-4-16(17)18(22-24)20(26)25-11-10-15(12-25)28-14-8-6-13(7-9-14)19(21)23-27/h2-9,15,27H,10-12H2,1H3,(H2,21,23)/t15-/m0/s1. The fourth-order valence-electron chi connectivity index (χ4n) is 3.48. The number of oxime groups is 1. The normalized spacial score (nSPS) is 17.2. The predicted molar refractivity (Wildman–Crippen MR) is 105 cm³/mol. The predicted octanol–water partition coefficient (Wildman–Crippen LogP) is 1.96. The van der Waals surface area contributed by atoms with Gasteiger partial charge in [-0.3, -0.25) is 9.48 Å². The summed E-state index contributed by atoms with van der Waals surface area (Å²) in [5, 5.41) is 17.0. The molecule has 1 aliphatic heterocycles. The highest BCUT2D eigenvalue weighted by atomic mass is 16.5. The van der Waals surface area contributed by atoms with Crippen LogP contribution in [0.25, 0.3) is 10.9 Å². The third kappa shape index (κ3) is 3.24. The number of hydrogen-bond acceptors (Lipinski definition) is 5. The van der Waals surface area contributed by atoms with Crippen LogP contribution in [0.4, 0.5) is 0 Å². The van der Waals surface area contributed by atoms with Crippen LogP contribution in [0.5, 0.6) is 5.75 Å². The molecule has 2 heterocycles. The van der Waals surface area contributed by atoms with E-state index in [1.165, 1.54) is 0 Å². The Morgan fingerprint density at radius 1 is 1.25 bits per heavy atom. The van der Waals surface area contributed by atoms with Gasteiger partial charge >= 0.3 is 0 Å².